The molecule has 6 N–H and O–H groups in total. The van der Waals surface area contributed by atoms with Gasteiger partial charge >= 0.3 is 7.41 Å². The number of rotatable bonds is 4. The fourth-order valence-corrected chi connectivity index (χ4v) is 2.97. The molecular formula is C12H18BN5O7. The lowest BCUT2D eigenvalue weighted by Gasteiger charge is -2.28. The Hall–Kier alpha value is -2.35. The number of carbonyl (C=O) groups excluding carboxylic acids is 1. The summed E-state index contributed by atoms with van der Waals surface area (Å²) in [4.78, 5) is 33.0. The number of nitrogen functional groups attached to an aromatic ring is 1. The van der Waals surface area contributed by atoms with E-state index in [0.717, 1.165) is 0 Å². The molecule has 12 nitrogen and oxygen atoms in total. The molecule has 0 spiro atoms. The number of aliphatic hydroxyl groups excluding tert-OH is 3. The van der Waals surface area contributed by atoms with Crippen LogP contribution in [0, 0.1) is 0 Å². The lowest BCUT2D eigenvalue weighted by Crippen LogP contribution is -2.47. The molecule has 0 aliphatic carbocycles. The largest absolute Gasteiger partial charge is 0.475 e. The van der Waals surface area contributed by atoms with Crippen molar-refractivity contribution in [2.45, 2.75) is 24.5 Å². The number of aromatic nitrogens is 2. The molecule has 13 heteroatoms. The van der Waals surface area contributed by atoms with E-state index < -0.39 is 42.6 Å². The van der Waals surface area contributed by atoms with E-state index >= 15 is 0 Å². The standard InChI is InChI=1S/C12H18BN5O7/c1-24-11(23)13-18-3-17(8-5(18)9(22)16-12(14)15-8)10-7(21)6(20)4(2-19)25-10/h4,6-7,10,13,19-21H,2-3H2,1H3,(H3,14,15,16,22)/t4-,6-,7-,10-/m1/s1. The molecule has 0 saturated carbocycles. The van der Waals surface area contributed by atoms with Gasteiger partial charge in [0.1, 0.15) is 24.0 Å². The summed E-state index contributed by atoms with van der Waals surface area (Å²) in [5.74, 6) is -0.634. The summed E-state index contributed by atoms with van der Waals surface area (Å²) in [6, 6.07) is 0. The number of hydrogen-bond donors (Lipinski definition) is 5. The zero-order valence-electron chi connectivity index (χ0n) is 13.3. The van der Waals surface area contributed by atoms with Crippen LogP contribution in [-0.2, 0) is 9.47 Å². The topological polar surface area (TPSA) is 174 Å². The number of nitrogens with two attached hydrogens (primary N) is 1. The number of aliphatic hydroxyl groups is 3. The lowest BCUT2D eigenvalue weighted by molar-refractivity contribution is -0.0221. The normalized spacial score (nSPS) is 28.2. The van der Waals surface area contributed by atoms with Crippen molar-refractivity contribution in [3.8, 4) is 0 Å². The van der Waals surface area contributed by atoms with E-state index in [4.69, 9.17) is 10.5 Å². The number of aromatic amines is 1. The first-order chi connectivity index (χ1) is 11.9. The average Bonchev–Trinajstić information content (AvgIpc) is 3.06. The molecule has 1 fully saturated rings. The Labute approximate surface area is 142 Å². The molecule has 2 aliphatic heterocycles. The van der Waals surface area contributed by atoms with Gasteiger partial charge in [-0.05, 0) is 0 Å². The molecule has 0 bridgehead atoms. The zero-order valence-corrected chi connectivity index (χ0v) is 13.3. The van der Waals surface area contributed by atoms with Crippen molar-refractivity contribution < 1.29 is 29.6 Å². The molecule has 1 aromatic heterocycles. The first-order valence-electron chi connectivity index (χ1n) is 7.48. The van der Waals surface area contributed by atoms with Crippen LogP contribution < -0.4 is 21.0 Å². The molecule has 3 heterocycles. The maximum atomic E-state index is 12.3. The Morgan fingerprint density at radius 3 is 2.84 bits per heavy atom. The second-order valence-corrected chi connectivity index (χ2v) is 5.74. The minimum absolute atomic E-state index is 0.0312. The van der Waals surface area contributed by atoms with E-state index in [9.17, 15) is 24.9 Å². The van der Waals surface area contributed by atoms with Gasteiger partial charge in [-0.15, -0.1) is 0 Å². The Kier molecular flexibility index (Phi) is 4.56. The van der Waals surface area contributed by atoms with Gasteiger partial charge < -0.3 is 40.2 Å². The third kappa shape index (κ3) is 2.91. The molecule has 0 unspecified atom stereocenters. The number of ether oxygens (including phenoxy) is 2. The molecule has 0 amide bonds. The quantitative estimate of drug-likeness (QED) is 0.339. The molecule has 25 heavy (non-hydrogen) atoms. The SMILES string of the molecule is COC(=O)BN1CN([C@@H]2O[C@H](CO)[C@@H](O)[C@H]2O)c2nc(N)[nH]c(=O)c21. The van der Waals surface area contributed by atoms with Crippen molar-refractivity contribution in [2.24, 2.45) is 0 Å². The molecule has 1 saturated heterocycles. The summed E-state index contributed by atoms with van der Waals surface area (Å²) in [5.41, 5.74) is 5.08. The van der Waals surface area contributed by atoms with Crippen molar-refractivity contribution >= 4 is 30.7 Å². The van der Waals surface area contributed by atoms with Gasteiger partial charge in [0.05, 0.1) is 20.4 Å². The number of anilines is 3. The Bertz CT molecular complexity index is 730. The maximum Gasteiger partial charge on any atom is 0.372 e. The van der Waals surface area contributed by atoms with Crippen LogP contribution in [0.25, 0.3) is 0 Å². The van der Waals surface area contributed by atoms with Crippen molar-refractivity contribution in [2.75, 3.05) is 35.8 Å². The predicted octanol–water partition coefficient (Wildman–Crippen LogP) is -3.51. The van der Waals surface area contributed by atoms with Gasteiger partial charge in [-0.25, -0.2) is 0 Å². The fourth-order valence-electron chi connectivity index (χ4n) is 2.97. The molecule has 0 aromatic carbocycles. The second kappa shape index (κ2) is 6.52. The van der Waals surface area contributed by atoms with Crippen molar-refractivity contribution in [1.82, 2.24) is 9.97 Å². The number of nitrogens with one attached hydrogen (secondary N) is 1. The van der Waals surface area contributed by atoms with Crippen molar-refractivity contribution in [3.05, 3.63) is 10.4 Å². The summed E-state index contributed by atoms with van der Waals surface area (Å²) in [6.07, 6.45) is -4.74. The fraction of sp³-hybridized carbons (Fsp3) is 0.583. The monoisotopic (exact) mass is 355 g/mol. The van der Waals surface area contributed by atoms with Gasteiger partial charge in [0, 0.05) is 0 Å². The minimum Gasteiger partial charge on any atom is -0.475 e. The molecule has 3 rings (SSSR count). The van der Waals surface area contributed by atoms with Crippen LogP contribution in [0.1, 0.15) is 0 Å². The average molecular weight is 355 g/mol. The van der Waals surface area contributed by atoms with E-state index in [2.05, 4.69) is 14.7 Å². The number of fused-ring (bicyclic) bond motifs is 1. The van der Waals surface area contributed by atoms with Gasteiger partial charge in [-0.3, -0.25) is 14.6 Å². The zero-order chi connectivity index (χ0) is 18.3. The van der Waals surface area contributed by atoms with Crippen LogP contribution in [0.3, 0.4) is 0 Å². The van der Waals surface area contributed by atoms with E-state index in [-0.39, 0.29) is 31.5 Å². The first-order valence-corrected chi connectivity index (χ1v) is 7.48. The van der Waals surface area contributed by atoms with E-state index in [0.29, 0.717) is 0 Å². The van der Waals surface area contributed by atoms with E-state index in [1.807, 2.05) is 0 Å². The van der Waals surface area contributed by atoms with Gasteiger partial charge in [0.25, 0.3) is 11.4 Å². The summed E-state index contributed by atoms with van der Waals surface area (Å²) < 4.78 is 10.1. The van der Waals surface area contributed by atoms with Gasteiger partial charge in [0.2, 0.25) is 5.95 Å². The van der Waals surface area contributed by atoms with Crippen LogP contribution in [0.5, 0.6) is 0 Å². The lowest BCUT2D eigenvalue weighted by atomic mass is 9.92. The summed E-state index contributed by atoms with van der Waals surface area (Å²) in [7, 11) is 0.984. The van der Waals surface area contributed by atoms with Crippen molar-refractivity contribution in [1.29, 1.82) is 0 Å². The van der Waals surface area contributed by atoms with Crippen LogP contribution in [-0.4, -0.2) is 83.5 Å². The highest BCUT2D eigenvalue weighted by molar-refractivity contribution is 6.75. The first kappa shape index (κ1) is 17.5. The van der Waals surface area contributed by atoms with E-state index in [1.165, 1.54) is 16.8 Å². The van der Waals surface area contributed by atoms with E-state index in [1.54, 1.807) is 0 Å². The van der Waals surface area contributed by atoms with Gasteiger partial charge in [-0.1, -0.05) is 0 Å². The highest BCUT2D eigenvalue weighted by Crippen LogP contribution is 2.36. The summed E-state index contributed by atoms with van der Waals surface area (Å²) >= 11 is 0. The van der Waals surface area contributed by atoms with Crippen LogP contribution in [0.4, 0.5) is 22.2 Å². The predicted molar refractivity (Wildman–Crippen MR) is 86.4 cm³/mol. The molecular weight excluding hydrogens is 337 g/mol. The van der Waals surface area contributed by atoms with Gasteiger partial charge in [0.15, 0.2) is 12.0 Å². The number of carbonyl (C=O) groups is 1. The summed E-state index contributed by atoms with van der Waals surface area (Å²) in [5, 5.41) is 29.4. The Morgan fingerprint density at radius 2 is 2.24 bits per heavy atom. The summed E-state index contributed by atoms with van der Waals surface area (Å²) in [6.45, 7) is -0.525. The molecule has 1 aromatic rings. The van der Waals surface area contributed by atoms with Crippen LogP contribution >= 0.6 is 0 Å². The smallest absolute Gasteiger partial charge is 0.372 e. The number of nitrogens with zero attached hydrogens (tertiary/aromatic N) is 3. The molecule has 0 radical (unpaired) electrons. The Morgan fingerprint density at radius 1 is 1.52 bits per heavy atom. The minimum atomic E-state index is -1.36. The number of hydrogen-bond acceptors (Lipinski definition) is 11. The van der Waals surface area contributed by atoms with Crippen LogP contribution in [0.15, 0.2) is 4.79 Å². The van der Waals surface area contributed by atoms with Gasteiger partial charge in [-0.2, -0.15) is 4.98 Å². The molecule has 4 atom stereocenters. The maximum absolute atomic E-state index is 12.3. The number of methoxy groups -OCH3 is 1. The van der Waals surface area contributed by atoms with Crippen molar-refractivity contribution in [3.63, 3.8) is 0 Å². The number of H-pyrrole nitrogens is 1. The second-order valence-electron chi connectivity index (χ2n) is 5.74. The third-order valence-electron chi connectivity index (χ3n) is 4.18. The highest BCUT2D eigenvalue weighted by Gasteiger charge is 2.48. The Balaban J connectivity index is 1.98. The third-order valence-corrected chi connectivity index (χ3v) is 4.18. The molecule has 136 valence electrons. The van der Waals surface area contributed by atoms with Crippen LogP contribution in [0.2, 0.25) is 0 Å². The molecule has 2 aliphatic rings. The highest BCUT2D eigenvalue weighted by atomic mass is 16.6.